The molecule has 2 rings (SSSR count). The van der Waals surface area contributed by atoms with Crippen LogP contribution in [0.2, 0.25) is 0 Å². The van der Waals surface area contributed by atoms with Crippen LogP contribution in [0.1, 0.15) is 43.5 Å². The van der Waals surface area contributed by atoms with Gasteiger partial charge in [-0.1, -0.05) is 6.92 Å². The second-order valence-corrected chi connectivity index (χ2v) is 8.32. The third kappa shape index (κ3) is 5.23. The van der Waals surface area contributed by atoms with Gasteiger partial charge in [-0.25, -0.2) is 13.1 Å². The van der Waals surface area contributed by atoms with Crippen LogP contribution in [0.25, 0.3) is 0 Å². The first-order valence-electron chi connectivity index (χ1n) is 9.47. The van der Waals surface area contributed by atoms with Gasteiger partial charge in [-0.15, -0.1) is 0 Å². The van der Waals surface area contributed by atoms with Crippen LogP contribution in [0.5, 0.6) is 5.75 Å². The van der Waals surface area contributed by atoms with Gasteiger partial charge in [0, 0.05) is 25.2 Å². The topological polar surface area (TPSA) is 102 Å². The lowest BCUT2D eigenvalue weighted by Gasteiger charge is -2.31. The minimum absolute atomic E-state index is 0.0595. The highest BCUT2D eigenvalue weighted by molar-refractivity contribution is 7.89. The second kappa shape index (κ2) is 9.88. The molecule has 0 unspecified atom stereocenters. The number of carbonyl (C=O) groups is 2. The van der Waals surface area contributed by atoms with Crippen LogP contribution in [-0.4, -0.2) is 58.5 Å². The Kier molecular flexibility index (Phi) is 7.82. The van der Waals surface area contributed by atoms with Gasteiger partial charge in [0.2, 0.25) is 10.0 Å². The van der Waals surface area contributed by atoms with Crippen molar-refractivity contribution in [2.45, 2.75) is 38.0 Å². The zero-order valence-electron chi connectivity index (χ0n) is 16.6. The zero-order chi connectivity index (χ0) is 20.7. The first kappa shape index (κ1) is 22.2. The molecule has 0 aliphatic carbocycles. The van der Waals surface area contributed by atoms with Crippen LogP contribution in [0.15, 0.2) is 23.1 Å². The third-order valence-corrected chi connectivity index (χ3v) is 6.13. The number of hydrogen-bond acceptors (Lipinski definition) is 6. The predicted octanol–water partition coefficient (Wildman–Crippen LogP) is 1.80. The summed E-state index contributed by atoms with van der Waals surface area (Å²) in [4.78, 5) is 26.3. The van der Waals surface area contributed by atoms with Crippen molar-refractivity contribution in [3.8, 4) is 5.75 Å². The number of nitrogens with zero attached hydrogens (tertiary/aromatic N) is 1. The molecule has 9 heteroatoms. The van der Waals surface area contributed by atoms with Crippen molar-refractivity contribution in [1.29, 1.82) is 0 Å². The molecule has 1 saturated heterocycles. The number of hydrogen-bond donors (Lipinski definition) is 1. The number of benzene rings is 1. The van der Waals surface area contributed by atoms with E-state index < -0.39 is 10.0 Å². The Hall–Kier alpha value is -2.13. The highest BCUT2D eigenvalue weighted by atomic mass is 32.2. The maximum atomic E-state index is 12.8. The molecule has 0 spiro atoms. The lowest BCUT2D eigenvalue weighted by Crippen LogP contribution is -2.40. The molecule has 0 saturated carbocycles. The number of methoxy groups -OCH3 is 1. The van der Waals surface area contributed by atoms with Crippen LogP contribution >= 0.6 is 0 Å². The molecule has 0 atom stereocenters. The Bertz CT molecular complexity index is 801. The quantitative estimate of drug-likeness (QED) is 0.653. The molecule has 0 radical (unpaired) electrons. The number of amides is 1. The summed E-state index contributed by atoms with van der Waals surface area (Å²) in [5.74, 6) is -0.512. The van der Waals surface area contributed by atoms with Crippen LogP contribution < -0.4 is 9.46 Å². The van der Waals surface area contributed by atoms with E-state index >= 15 is 0 Å². The monoisotopic (exact) mass is 412 g/mol. The van der Waals surface area contributed by atoms with E-state index in [2.05, 4.69) is 4.72 Å². The average molecular weight is 413 g/mol. The number of rotatable bonds is 8. The zero-order valence-corrected chi connectivity index (χ0v) is 17.4. The lowest BCUT2D eigenvalue weighted by atomic mass is 9.96. The van der Waals surface area contributed by atoms with Gasteiger partial charge in [0.25, 0.3) is 5.91 Å². The summed E-state index contributed by atoms with van der Waals surface area (Å²) in [5.41, 5.74) is 0.271. The van der Waals surface area contributed by atoms with Crippen LogP contribution in [-0.2, 0) is 19.6 Å². The lowest BCUT2D eigenvalue weighted by molar-refractivity contribution is -0.149. The normalized spacial score (nSPS) is 15.3. The van der Waals surface area contributed by atoms with E-state index in [4.69, 9.17) is 9.47 Å². The van der Waals surface area contributed by atoms with Gasteiger partial charge in [0.05, 0.1) is 19.6 Å². The largest absolute Gasteiger partial charge is 0.495 e. The Morgan fingerprint density at radius 1 is 1.21 bits per heavy atom. The van der Waals surface area contributed by atoms with Gasteiger partial charge >= 0.3 is 5.97 Å². The van der Waals surface area contributed by atoms with Gasteiger partial charge in [-0.2, -0.15) is 0 Å². The van der Waals surface area contributed by atoms with E-state index in [0.717, 1.165) is 0 Å². The molecule has 0 aromatic heterocycles. The fourth-order valence-electron chi connectivity index (χ4n) is 3.09. The molecule has 28 heavy (non-hydrogen) atoms. The minimum Gasteiger partial charge on any atom is -0.495 e. The molecular formula is C19H28N2O6S. The summed E-state index contributed by atoms with van der Waals surface area (Å²) >= 11 is 0. The summed E-state index contributed by atoms with van der Waals surface area (Å²) in [5, 5.41) is 0. The van der Waals surface area contributed by atoms with Gasteiger partial charge < -0.3 is 14.4 Å². The van der Waals surface area contributed by atoms with Crippen LogP contribution in [0, 0.1) is 5.92 Å². The smallest absolute Gasteiger partial charge is 0.309 e. The molecule has 1 N–H and O–H groups in total. The first-order valence-corrected chi connectivity index (χ1v) is 11.0. The third-order valence-electron chi connectivity index (χ3n) is 4.64. The molecule has 0 bridgehead atoms. The fourth-order valence-corrected chi connectivity index (χ4v) is 4.42. The number of carbonyl (C=O) groups excluding carboxylic acids is 2. The Morgan fingerprint density at radius 3 is 2.46 bits per heavy atom. The minimum atomic E-state index is -3.79. The highest BCUT2D eigenvalue weighted by Crippen LogP contribution is 2.27. The van der Waals surface area contributed by atoms with E-state index in [1.165, 1.54) is 19.2 Å². The molecule has 1 aliphatic rings. The summed E-state index contributed by atoms with van der Waals surface area (Å²) in [6.07, 6.45) is 1.71. The van der Waals surface area contributed by atoms with Gasteiger partial charge in [-0.05, 0) is 44.4 Å². The van der Waals surface area contributed by atoms with Crippen LogP contribution in [0.4, 0.5) is 0 Å². The molecular weight excluding hydrogens is 384 g/mol. The van der Waals surface area contributed by atoms with Crippen LogP contribution in [0.3, 0.4) is 0 Å². The Balaban J connectivity index is 2.16. The standard InChI is InChI=1S/C19H28N2O6S/c1-4-10-20-28(24,25)17-13-15(6-7-16(17)26-3)18(22)21-11-8-14(9-12-21)19(23)27-5-2/h6-7,13-14,20H,4-5,8-12H2,1-3H3. The maximum absolute atomic E-state index is 12.8. The Morgan fingerprint density at radius 2 is 1.89 bits per heavy atom. The number of ether oxygens (including phenoxy) is 2. The molecule has 1 aromatic carbocycles. The summed E-state index contributed by atoms with van der Waals surface area (Å²) in [7, 11) is -2.40. The van der Waals surface area contributed by atoms with Gasteiger partial charge in [0.1, 0.15) is 10.6 Å². The molecule has 1 fully saturated rings. The summed E-state index contributed by atoms with van der Waals surface area (Å²) in [6, 6.07) is 4.38. The molecule has 1 heterocycles. The molecule has 156 valence electrons. The molecule has 1 amide bonds. The molecule has 1 aliphatic heterocycles. The highest BCUT2D eigenvalue weighted by Gasteiger charge is 2.29. The number of nitrogens with one attached hydrogen (secondary N) is 1. The van der Waals surface area contributed by atoms with Crippen molar-refractivity contribution in [2.24, 2.45) is 5.92 Å². The molecule has 1 aromatic rings. The van der Waals surface area contributed by atoms with Gasteiger partial charge in [-0.3, -0.25) is 9.59 Å². The summed E-state index contributed by atoms with van der Waals surface area (Å²) in [6.45, 7) is 5.11. The average Bonchev–Trinajstić information content (AvgIpc) is 2.71. The molecule has 8 nitrogen and oxygen atoms in total. The van der Waals surface area contributed by atoms with Crippen molar-refractivity contribution in [3.05, 3.63) is 23.8 Å². The van der Waals surface area contributed by atoms with E-state index in [1.54, 1.807) is 17.9 Å². The maximum Gasteiger partial charge on any atom is 0.309 e. The van der Waals surface area contributed by atoms with Crippen molar-refractivity contribution in [1.82, 2.24) is 9.62 Å². The number of esters is 1. The van der Waals surface area contributed by atoms with Gasteiger partial charge in [0.15, 0.2) is 0 Å². The predicted molar refractivity (Wildman–Crippen MR) is 104 cm³/mol. The van der Waals surface area contributed by atoms with Crippen molar-refractivity contribution < 1.29 is 27.5 Å². The number of piperidine rings is 1. The fraction of sp³-hybridized carbons (Fsp3) is 0.579. The van der Waals surface area contributed by atoms with E-state index in [-0.39, 0.29) is 34.0 Å². The number of sulfonamides is 1. The van der Waals surface area contributed by atoms with E-state index in [0.29, 0.717) is 45.5 Å². The van der Waals surface area contributed by atoms with Crippen molar-refractivity contribution in [2.75, 3.05) is 33.4 Å². The Labute approximate surface area is 166 Å². The SMILES string of the molecule is CCCNS(=O)(=O)c1cc(C(=O)N2CCC(C(=O)OCC)CC2)ccc1OC. The van der Waals surface area contributed by atoms with Crippen molar-refractivity contribution >= 4 is 21.9 Å². The number of likely N-dealkylation sites (tertiary alicyclic amines) is 1. The second-order valence-electron chi connectivity index (χ2n) is 6.58. The van der Waals surface area contributed by atoms with E-state index in [1.807, 2.05) is 6.92 Å². The van der Waals surface area contributed by atoms with E-state index in [9.17, 15) is 18.0 Å². The first-order chi connectivity index (χ1) is 13.3. The van der Waals surface area contributed by atoms with Crippen molar-refractivity contribution in [3.63, 3.8) is 0 Å². The summed E-state index contributed by atoms with van der Waals surface area (Å²) < 4.78 is 37.8.